The van der Waals surface area contributed by atoms with E-state index in [1.165, 1.54) is 5.56 Å². The fourth-order valence-corrected chi connectivity index (χ4v) is 2.25. The zero-order valence-electron chi connectivity index (χ0n) is 15.0. The summed E-state index contributed by atoms with van der Waals surface area (Å²) in [5.41, 5.74) is 1.38. The van der Waals surface area contributed by atoms with Crippen LogP contribution in [0.4, 0.5) is 0 Å². The lowest BCUT2D eigenvalue weighted by molar-refractivity contribution is 0.162. The maximum atomic E-state index is 5.08. The first-order chi connectivity index (χ1) is 11.2. The van der Waals surface area contributed by atoms with Gasteiger partial charge in [-0.2, -0.15) is 0 Å². The van der Waals surface area contributed by atoms with E-state index in [4.69, 9.17) is 4.74 Å². The number of hydrogen-bond donors (Lipinski definition) is 2. The molecule has 0 aliphatic heterocycles. The summed E-state index contributed by atoms with van der Waals surface area (Å²) < 4.78 is 5.08. The van der Waals surface area contributed by atoms with Crippen LogP contribution in [0.2, 0.25) is 0 Å². The first-order valence-corrected chi connectivity index (χ1v) is 8.34. The molecule has 0 aliphatic carbocycles. The number of hydrogen-bond acceptors (Lipinski definition) is 3. The highest BCUT2D eigenvalue weighted by atomic mass is 16.5. The smallest absolute Gasteiger partial charge is 0.191 e. The predicted octanol–water partition coefficient (Wildman–Crippen LogP) is 1.75. The molecule has 1 aromatic carbocycles. The lowest BCUT2D eigenvalue weighted by Gasteiger charge is -2.20. The standard InChI is InChI=1S/C18H32N4O/c1-16(10-11-17-8-6-5-7-9-17)21-18(19-2)20-12-13-22(3)14-15-23-4/h5-9,16H,10-15H2,1-4H3,(H2,19,20,21). The second-order valence-corrected chi connectivity index (χ2v) is 5.86. The van der Waals surface area contributed by atoms with Crippen molar-refractivity contribution in [2.75, 3.05) is 47.4 Å². The van der Waals surface area contributed by atoms with E-state index in [1.807, 2.05) is 7.05 Å². The van der Waals surface area contributed by atoms with Crippen LogP contribution in [-0.2, 0) is 11.2 Å². The number of aliphatic imine (C=N–C) groups is 1. The molecule has 1 rings (SSSR count). The molecule has 1 atom stereocenters. The van der Waals surface area contributed by atoms with Gasteiger partial charge in [-0.05, 0) is 32.4 Å². The van der Waals surface area contributed by atoms with E-state index < -0.39 is 0 Å². The molecule has 1 unspecified atom stereocenters. The van der Waals surface area contributed by atoms with Crippen molar-refractivity contribution < 1.29 is 4.74 Å². The minimum Gasteiger partial charge on any atom is -0.383 e. The molecule has 0 saturated carbocycles. The summed E-state index contributed by atoms with van der Waals surface area (Å²) >= 11 is 0. The average Bonchev–Trinajstić information content (AvgIpc) is 2.58. The number of nitrogens with zero attached hydrogens (tertiary/aromatic N) is 2. The van der Waals surface area contributed by atoms with E-state index in [0.717, 1.165) is 45.0 Å². The van der Waals surface area contributed by atoms with Gasteiger partial charge in [0, 0.05) is 39.8 Å². The molecule has 2 N–H and O–H groups in total. The average molecular weight is 320 g/mol. The molecule has 0 amide bonds. The van der Waals surface area contributed by atoms with Crippen molar-refractivity contribution >= 4 is 5.96 Å². The minimum absolute atomic E-state index is 0.382. The summed E-state index contributed by atoms with van der Waals surface area (Å²) in [5, 5.41) is 6.81. The van der Waals surface area contributed by atoms with Crippen LogP contribution in [-0.4, -0.2) is 64.3 Å². The van der Waals surface area contributed by atoms with E-state index >= 15 is 0 Å². The Morgan fingerprint density at radius 1 is 1.26 bits per heavy atom. The number of aryl methyl sites for hydroxylation is 1. The SMILES string of the molecule is CN=C(NCCN(C)CCOC)NC(C)CCc1ccccc1. The van der Waals surface area contributed by atoms with E-state index in [1.54, 1.807) is 7.11 Å². The molecule has 0 radical (unpaired) electrons. The lowest BCUT2D eigenvalue weighted by Crippen LogP contribution is -2.44. The van der Waals surface area contributed by atoms with Crippen molar-refractivity contribution in [3.8, 4) is 0 Å². The zero-order valence-corrected chi connectivity index (χ0v) is 15.0. The fraction of sp³-hybridized carbons (Fsp3) is 0.611. The molecule has 1 aromatic rings. The second kappa shape index (κ2) is 11.9. The Hall–Kier alpha value is -1.59. The van der Waals surface area contributed by atoms with Crippen LogP contribution < -0.4 is 10.6 Å². The van der Waals surface area contributed by atoms with E-state index in [-0.39, 0.29) is 0 Å². The van der Waals surface area contributed by atoms with Crippen molar-refractivity contribution in [3.63, 3.8) is 0 Å². The lowest BCUT2D eigenvalue weighted by atomic mass is 10.1. The van der Waals surface area contributed by atoms with Crippen LogP contribution in [0.1, 0.15) is 18.9 Å². The van der Waals surface area contributed by atoms with Gasteiger partial charge in [-0.1, -0.05) is 30.3 Å². The number of rotatable bonds is 10. The van der Waals surface area contributed by atoms with E-state index in [0.29, 0.717) is 6.04 Å². The van der Waals surface area contributed by atoms with Gasteiger partial charge in [-0.25, -0.2) is 0 Å². The number of likely N-dealkylation sites (N-methyl/N-ethyl adjacent to an activating group) is 1. The van der Waals surface area contributed by atoms with Gasteiger partial charge in [0.25, 0.3) is 0 Å². The van der Waals surface area contributed by atoms with Crippen molar-refractivity contribution in [2.24, 2.45) is 4.99 Å². The summed E-state index contributed by atoms with van der Waals surface area (Å²) in [7, 11) is 5.64. The molecule has 130 valence electrons. The highest BCUT2D eigenvalue weighted by molar-refractivity contribution is 5.79. The van der Waals surface area contributed by atoms with Crippen molar-refractivity contribution in [3.05, 3.63) is 35.9 Å². The predicted molar refractivity (Wildman–Crippen MR) is 98.1 cm³/mol. The molecule has 5 nitrogen and oxygen atoms in total. The highest BCUT2D eigenvalue weighted by Crippen LogP contribution is 2.04. The Morgan fingerprint density at radius 2 is 2.00 bits per heavy atom. The molecular formula is C18H32N4O. The maximum absolute atomic E-state index is 5.08. The number of nitrogens with one attached hydrogen (secondary N) is 2. The van der Waals surface area contributed by atoms with Gasteiger partial charge in [0.1, 0.15) is 0 Å². The molecule has 23 heavy (non-hydrogen) atoms. The van der Waals surface area contributed by atoms with Crippen LogP contribution >= 0.6 is 0 Å². The number of methoxy groups -OCH3 is 1. The molecule has 0 heterocycles. The van der Waals surface area contributed by atoms with Crippen LogP contribution in [0, 0.1) is 0 Å². The van der Waals surface area contributed by atoms with Gasteiger partial charge in [0.05, 0.1) is 6.61 Å². The fourth-order valence-electron chi connectivity index (χ4n) is 2.25. The Kier molecular flexibility index (Phi) is 10.1. The quantitative estimate of drug-likeness (QED) is 0.509. The van der Waals surface area contributed by atoms with Gasteiger partial charge in [-0.15, -0.1) is 0 Å². The summed E-state index contributed by atoms with van der Waals surface area (Å²) in [5.74, 6) is 0.866. The Morgan fingerprint density at radius 3 is 2.65 bits per heavy atom. The number of guanidine groups is 1. The molecule has 0 fully saturated rings. The first-order valence-electron chi connectivity index (χ1n) is 8.34. The van der Waals surface area contributed by atoms with Crippen LogP contribution in [0.5, 0.6) is 0 Å². The van der Waals surface area contributed by atoms with Crippen molar-refractivity contribution in [1.29, 1.82) is 0 Å². The zero-order chi connectivity index (χ0) is 16.9. The van der Waals surface area contributed by atoms with Crippen LogP contribution in [0.25, 0.3) is 0 Å². The second-order valence-electron chi connectivity index (χ2n) is 5.86. The summed E-state index contributed by atoms with van der Waals surface area (Å²) in [6.45, 7) is 5.73. The topological polar surface area (TPSA) is 48.9 Å². The van der Waals surface area contributed by atoms with Gasteiger partial charge < -0.3 is 20.3 Å². The van der Waals surface area contributed by atoms with Crippen molar-refractivity contribution in [1.82, 2.24) is 15.5 Å². The number of ether oxygens (including phenoxy) is 1. The minimum atomic E-state index is 0.382. The van der Waals surface area contributed by atoms with Gasteiger partial charge >= 0.3 is 0 Å². The molecule has 0 saturated heterocycles. The van der Waals surface area contributed by atoms with Crippen molar-refractivity contribution in [2.45, 2.75) is 25.8 Å². The number of benzene rings is 1. The molecule has 5 heteroatoms. The monoisotopic (exact) mass is 320 g/mol. The summed E-state index contributed by atoms with van der Waals surface area (Å²) in [6.07, 6.45) is 2.16. The third-order valence-electron chi connectivity index (χ3n) is 3.78. The molecule has 0 bridgehead atoms. The molecule has 0 spiro atoms. The molecule has 0 aromatic heterocycles. The summed E-state index contributed by atoms with van der Waals surface area (Å²) in [4.78, 5) is 6.53. The maximum Gasteiger partial charge on any atom is 0.191 e. The van der Waals surface area contributed by atoms with Gasteiger partial charge in [0.2, 0.25) is 0 Å². The van der Waals surface area contributed by atoms with Gasteiger partial charge in [0.15, 0.2) is 5.96 Å². The van der Waals surface area contributed by atoms with E-state index in [9.17, 15) is 0 Å². The third kappa shape index (κ3) is 9.21. The molecule has 0 aliphatic rings. The summed E-state index contributed by atoms with van der Waals surface area (Å²) in [6, 6.07) is 11.0. The van der Waals surface area contributed by atoms with Gasteiger partial charge in [-0.3, -0.25) is 4.99 Å². The van der Waals surface area contributed by atoms with E-state index in [2.05, 4.69) is 64.8 Å². The highest BCUT2D eigenvalue weighted by Gasteiger charge is 2.06. The first kappa shape index (κ1) is 19.5. The largest absolute Gasteiger partial charge is 0.383 e. The normalized spacial score (nSPS) is 13.2. The third-order valence-corrected chi connectivity index (χ3v) is 3.78. The Labute approximate surface area is 141 Å². The van der Waals surface area contributed by atoms with Crippen LogP contribution in [0.3, 0.4) is 0 Å². The Balaban J connectivity index is 2.22. The van der Waals surface area contributed by atoms with Crippen LogP contribution in [0.15, 0.2) is 35.3 Å². The molecular weight excluding hydrogens is 288 g/mol. The Bertz CT molecular complexity index is 436.